The maximum Gasteiger partial charge on any atom is 0.435 e. The van der Waals surface area contributed by atoms with Gasteiger partial charge < -0.3 is 15.8 Å². The molecular formula is C25H26F3N7O2. The van der Waals surface area contributed by atoms with E-state index in [4.69, 9.17) is 10.5 Å². The molecule has 4 aromatic rings. The fourth-order valence-electron chi connectivity index (χ4n) is 3.66. The number of nitrogens with one attached hydrogen (secondary N) is 1. The number of nitrogens with zero attached hydrogens (tertiary/aromatic N) is 5. The fraction of sp³-hybridized carbons (Fsp3) is 0.320. The Kier molecular flexibility index (Phi) is 6.53. The molecule has 3 heterocycles. The Labute approximate surface area is 210 Å². The SMILES string of the molecule is Cc1nc(N[C@H](C)c2cc(N)cc(C(F)(F)F)c2)c2cc(-c3cnn(C(=O)OC(C)(C)C)c3)ncc2n1. The minimum Gasteiger partial charge on any atom is -0.442 e. The quantitative estimate of drug-likeness (QED) is 0.331. The number of benzene rings is 1. The molecule has 0 unspecified atom stereocenters. The van der Waals surface area contributed by atoms with Crippen molar-refractivity contribution in [2.24, 2.45) is 0 Å². The van der Waals surface area contributed by atoms with Gasteiger partial charge in [-0.1, -0.05) is 0 Å². The Morgan fingerprint density at radius 2 is 1.84 bits per heavy atom. The van der Waals surface area contributed by atoms with Crippen LogP contribution in [0.4, 0.5) is 29.5 Å². The molecule has 3 N–H and O–H groups in total. The molecule has 0 aliphatic rings. The van der Waals surface area contributed by atoms with E-state index in [1.807, 2.05) is 0 Å². The maximum absolute atomic E-state index is 13.3. The van der Waals surface area contributed by atoms with Crippen molar-refractivity contribution in [3.63, 3.8) is 0 Å². The maximum atomic E-state index is 13.3. The van der Waals surface area contributed by atoms with Crippen LogP contribution >= 0.6 is 0 Å². The highest BCUT2D eigenvalue weighted by Crippen LogP contribution is 2.34. The number of hydrogen-bond donors (Lipinski definition) is 2. The number of carbonyl (C=O) groups excluding carboxylic acids is 1. The van der Waals surface area contributed by atoms with Gasteiger partial charge in [-0.3, -0.25) is 4.98 Å². The third kappa shape index (κ3) is 5.96. The molecule has 12 heteroatoms. The predicted molar refractivity (Wildman–Crippen MR) is 133 cm³/mol. The molecule has 0 aliphatic carbocycles. The van der Waals surface area contributed by atoms with Crippen LogP contribution in [0.25, 0.3) is 22.2 Å². The van der Waals surface area contributed by atoms with E-state index >= 15 is 0 Å². The molecule has 0 aliphatic heterocycles. The Hall–Kier alpha value is -4.22. The molecule has 0 saturated carbocycles. The second-order valence-corrected chi connectivity index (χ2v) is 9.61. The molecule has 0 radical (unpaired) electrons. The van der Waals surface area contributed by atoms with E-state index < -0.39 is 29.5 Å². The number of hydrogen-bond acceptors (Lipinski definition) is 8. The summed E-state index contributed by atoms with van der Waals surface area (Å²) in [5, 5.41) is 7.84. The van der Waals surface area contributed by atoms with Crippen LogP contribution in [0.15, 0.2) is 42.9 Å². The van der Waals surface area contributed by atoms with Crippen molar-refractivity contribution in [1.29, 1.82) is 0 Å². The van der Waals surface area contributed by atoms with Gasteiger partial charge in [0.15, 0.2) is 0 Å². The van der Waals surface area contributed by atoms with Crippen LogP contribution in [0.3, 0.4) is 0 Å². The van der Waals surface area contributed by atoms with Crippen LogP contribution in [0.1, 0.15) is 50.7 Å². The van der Waals surface area contributed by atoms with E-state index in [0.717, 1.165) is 16.8 Å². The first-order chi connectivity index (χ1) is 17.2. The van der Waals surface area contributed by atoms with Crippen LogP contribution in [-0.2, 0) is 10.9 Å². The van der Waals surface area contributed by atoms with Crippen molar-refractivity contribution < 1.29 is 22.7 Å². The van der Waals surface area contributed by atoms with Crippen molar-refractivity contribution >= 4 is 28.5 Å². The number of aryl methyl sites for hydroxylation is 1. The van der Waals surface area contributed by atoms with Gasteiger partial charge in [-0.25, -0.2) is 14.8 Å². The van der Waals surface area contributed by atoms with E-state index in [2.05, 4.69) is 25.4 Å². The van der Waals surface area contributed by atoms with Crippen molar-refractivity contribution in [2.75, 3.05) is 11.1 Å². The summed E-state index contributed by atoms with van der Waals surface area (Å²) in [7, 11) is 0. The van der Waals surface area contributed by atoms with E-state index in [9.17, 15) is 18.0 Å². The highest BCUT2D eigenvalue weighted by atomic mass is 19.4. The van der Waals surface area contributed by atoms with Gasteiger partial charge in [-0.15, -0.1) is 0 Å². The topological polar surface area (TPSA) is 121 Å². The van der Waals surface area contributed by atoms with E-state index in [-0.39, 0.29) is 5.69 Å². The first-order valence-corrected chi connectivity index (χ1v) is 11.4. The molecule has 37 heavy (non-hydrogen) atoms. The number of alkyl halides is 3. The minimum atomic E-state index is -4.52. The largest absolute Gasteiger partial charge is 0.442 e. The third-order valence-corrected chi connectivity index (χ3v) is 5.31. The van der Waals surface area contributed by atoms with Gasteiger partial charge in [0.05, 0.1) is 35.2 Å². The summed E-state index contributed by atoms with van der Waals surface area (Å²) in [5.74, 6) is 0.868. The number of fused-ring (bicyclic) bond motifs is 1. The zero-order valence-corrected chi connectivity index (χ0v) is 20.9. The van der Waals surface area contributed by atoms with Crippen molar-refractivity contribution in [3.05, 3.63) is 59.8 Å². The lowest BCUT2D eigenvalue weighted by molar-refractivity contribution is -0.137. The summed E-state index contributed by atoms with van der Waals surface area (Å²) in [4.78, 5) is 25.6. The van der Waals surface area contributed by atoms with Crippen molar-refractivity contribution in [3.8, 4) is 11.3 Å². The Balaban J connectivity index is 1.68. The normalized spacial score (nSPS) is 13.0. The van der Waals surface area contributed by atoms with Gasteiger partial charge >= 0.3 is 12.3 Å². The predicted octanol–water partition coefficient (Wildman–Crippen LogP) is 5.75. The number of pyridine rings is 1. The third-order valence-electron chi connectivity index (χ3n) is 5.31. The number of nitrogen functional groups attached to an aromatic ring is 1. The Morgan fingerprint density at radius 3 is 2.51 bits per heavy atom. The molecule has 0 saturated heterocycles. The van der Waals surface area contributed by atoms with E-state index in [1.54, 1.807) is 46.9 Å². The monoisotopic (exact) mass is 513 g/mol. The summed E-state index contributed by atoms with van der Waals surface area (Å²) in [6, 6.07) is 4.61. The van der Waals surface area contributed by atoms with Crippen LogP contribution < -0.4 is 11.1 Å². The first kappa shape index (κ1) is 25.9. The summed E-state index contributed by atoms with van der Waals surface area (Å²) < 4.78 is 46.3. The second kappa shape index (κ2) is 9.34. The van der Waals surface area contributed by atoms with Crippen LogP contribution in [0.5, 0.6) is 0 Å². The molecule has 0 fully saturated rings. The van der Waals surface area contributed by atoms with Crippen LogP contribution in [0, 0.1) is 6.92 Å². The van der Waals surface area contributed by atoms with Gasteiger partial charge in [-0.05, 0) is 64.4 Å². The molecule has 9 nitrogen and oxygen atoms in total. The minimum absolute atomic E-state index is 0.00990. The number of halogens is 3. The Bertz CT molecular complexity index is 1480. The summed E-state index contributed by atoms with van der Waals surface area (Å²) >= 11 is 0. The zero-order valence-electron chi connectivity index (χ0n) is 20.9. The molecule has 1 aromatic carbocycles. The molecule has 0 spiro atoms. The fourth-order valence-corrected chi connectivity index (χ4v) is 3.66. The number of anilines is 2. The lowest BCUT2D eigenvalue weighted by Crippen LogP contribution is -2.27. The zero-order chi connectivity index (χ0) is 27.1. The van der Waals surface area contributed by atoms with Gasteiger partial charge in [-0.2, -0.15) is 23.0 Å². The summed E-state index contributed by atoms with van der Waals surface area (Å²) in [5.41, 5.74) is 6.18. The number of nitrogens with two attached hydrogens (primary N) is 1. The van der Waals surface area contributed by atoms with Gasteiger partial charge in [0, 0.05) is 22.8 Å². The molecule has 0 bridgehead atoms. The smallest absolute Gasteiger partial charge is 0.435 e. The average molecular weight is 514 g/mol. The highest BCUT2D eigenvalue weighted by molar-refractivity contribution is 5.91. The number of carbonyl (C=O) groups is 1. The highest BCUT2D eigenvalue weighted by Gasteiger charge is 2.31. The van der Waals surface area contributed by atoms with Gasteiger partial charge in [0.1, 0.15) is 17.2 Å². The number of aromatic nitrogens is 5. The standard InChI is InChI=1S/C25H26F3N7O2/c1-13(15-6-17(25(26,27)28)8-18(29)7-15)32-22-19-9-20(30-11-21(19)33-14(2)34-22)16-10-31-35(12-16)23(36)37-24(3,4)5/h6-13H,29H2,1-5H3,(H,32,33,34)/t13-/m1/s1. The lowest BCUT2D eigenvalue weighted by atomic mass is 10.0. The average Bonchev–Trinajstić information content (AvgIpc) is 3.27. The number of ether oxygens (including phenoxy) is 1. The Morgan fingerprint density at radius 1 is 1.11 bits per heavy atom. The van der Waals surface area contributed by atoms with E-state index in [0.29, 0.717) is 39.4 Å². The van der Waals surface area contributed by atoms with Gasteiger partial charge in [0.2, 0.25) is 0 Å². The summed E-state index contributed by atoms with van der Waals surface area (Å²) in [6.45, 7) is 8.68. The molecule has 194 valence electrons. The van der Waals surface area contributed by atoms with Gasteiger partial charge in [0.25, 0.3) is 0 Å². The molecule has 3 aromatic heterocycles. The summed E-state index contributed by atoms with van der Waals surface area (Å²) in [6.07, 6.45) is -0.614. The number of rotatable bonds is 4. The first-order valence-electron chi connectivity index (χ1n) is 11.4. The second-order valence-electron chi connectivity index (χ2n) is 9.61. The lowest BCUT2D eigenvalue weighted by Gasteiger charge is -2.19. The van der Waals surface area contributed by atoms with Crippen molar-refractivity contribution in [2.45, 2.75) is 52.4 Å². The van der Waals surface area contributed by atoms with Crippen molar-refractivity contribution in [1.82, 2.24) is 24.7 Å². The molecule has 1 atom stereocenters. The molecular weight excluding hydrogens is 487 g/mol. The van der Waals surface area contributed by atoms with Crippen LogP contribution in [-0.4, -0.2) is 36.4 Å². The van der Waals surface area contributed by atoms with Crippen LogP contribution in [0.2, 0.25) is 0 Å². The van der Waals surface area contributed by atoms with E-state index in [1.165, 1.54) is 18.5 Å². The molecule has 4 rings (SSSR count). The molecule has 0 amide bonds.